The van der Waals surface area contributed by atoms with Gasteiger partial charge in [0.05, 0.1) is 14.8 Å². The summed E-state index contributed by atoms with van der Waals surface area (Å²) in [6, 6.07) is 1.18. The van der Waals surface area contributed by atoms with Gasteiger partial charge in [-0.3, -0.25) is 30.3 Å². The van der Waals surface area contributed by atoms with Gasteiger partial charge in [0.2, 0.25) is 0 Å². The molecule has 1 aromatic carbocycles. The van der Waals surface area contributed by atoms with Crippen LogP contribution in [0, 0.1) is 44.2 Å². The SMILES string of the molecule is Cc1cc(C)c([N+](=O)[O-])c([N+](=O)[O-])c1[N+](=O)[O-]. The minimum absolute atomic E-state index is 0.0183. The van der Waals surface area contributed by atoms with Gasteiger partial charge in [-0.15, -0.1) is 0 Å². The number of nitrogens with zero attached hydrogens (tertiary/aromatic N) is 3. The van der Waals surface area contributed by atoms with Crippen LogP contribution in [0.3, 0.4) is 0 Å². The Morgan fingerprint density at radius 1 is 0.765 bits per heavy atom. The van der Waals surface area contributed by atoms with E-state index in [1.165, 1.54) is 19.9 Å². The third-order valence-electron chi connectivity index (χ3n) is 2.18. The van der Waals surface area contributed by atoms with Crippen molar-refractivity contribution in [2.24, 2.45) is 0 Å². The van der Waals surface area contributed by atoms with Crippen LogP contribution in [0.1, 0.15) is 11.1 Å². The Balaban J connectivity index is 3.85. The molecular weight excluding hydrogens is 234 g/mol. The maximum atomic E-state index is 10.8. The van der Waals surface area contributed by atoms with Crippen LogP contribution in [0.4, 0.5) is 17.1 Å². The summed E-state index contributed by atoms with van der Waals surface area (Å²) in [7, 11) is 0. The molecular formula is C8H7N3O6. The first-order chi connectivity index (χ1) is 7.77. The van der Waals surface area contributed by atoms with Crippen LogP contribution in [0.25, 0.3) is 0 Å². The van der Waals surface area contributed by atoms with E-state index in [1.807, 2.05) is 0 Å². The molecule has 0 saturated carbocycles. The van der Waals surface area contributed by atoms with E-state index in [1.54, 1.807) is 0 Å². The van der Waals surface area contributed by atoms with Crippen LogP contribution in [0.5, 0.6) is 0 Å². The molecule has 0 radical (unpaired) electrons. The highest BCUT2D eigenvalue weighted by molar-refractivity contribution is 5.71. The number of benzene rings is 1. The average molecular weight is 241 g/mol. The summed E-state index contributed by atoms with van der Waals surface area (Å²) in [6.07, 6.45) is 0. The standard InChI is InChI=1S/C8H7N3O6/c1-4-3-5(2)7(10(14)15)8(11(16)17)6(4)9(12)13/h3H,1-2H3. The van der Waals surface area contributed by atoms with Crippen molar-refractivity contribution < 1.29 is 14.8 Å². The van der Waals surface area contributed by atoms with Crippen LogP contribution < -0.4 is 0 Å². The van der Waals surface area contributed by atoms with Gasteiger partial charge in [0.15, 0.2) is 0 Å². The topological polar surface area (TPSA) is 129 Å². The molecule has 0 aliphatic rings. The van der Waals surface area contributed by atoms with Gasteiger partial charge in [0, 0.05) is 11.1 Å². The zero-order chi connectivity index (χ0) is 13.3. The fourth-order valence-corrected chi connectivity index (χ4v) is 1.58. The van der Waals surface area contributed by atoms with Gasteiger partial charge in [0.25, 0.3) is 0 Å². The lowest BCUT2D eigenvalue weighted by Crippen LogP contribution is -2.05. The molecule has 0 bridgehead atoms. The highest BCUT2D eigenvalue weighted by Crippen LogP contribution is 2.40. The molecule has 0 fully saturated rings. The van der Waals surface area contributed by atoms with E-state index >= 15 is 0 Å². The van der Waals surface area contributed by atoms with E-state index in [0.717, 1.165) is 0 Å². The lowest BCUT2D eigenvalue weighted by molar-refractivity contribution is -0.441. The van der Waals surface area contributed by atoms with Crippen molar-refractivity contribution >= 4 is 17.1 Å². The Hall–Kier alpha value is -2.58. The summed E-state index contributed by atoms with van der Waals surface area (Å²) in [5.41, 5.74) is -2.72. The predicted molar refractivity (Wildman–Crippen MR) is 55.9 cm³/mol. The van der Waals surface area contributed by atoms with Crippen LogP contribution in [0.15, 0.2) is 6.07 Å². The van der Waals surface area contributed by atoms with E-state index in [2.05, 4.69) is 0 Å². The minimum atomic E-state index is -1.10. The van der Waals surface area contributed by atoms with E-state index in [4.69, 9.17) is 0 Å². The number of hydrogen-bond donors (Lipinski definition) is 0. The monoisotopic (exact) mass is 241 g/mol. The quantitative estimate of drug-likeness (QED) is 0.587. The summed E-state index contributed by atoms with van der Waals surface area (Å²) in [5.74, 6) is 0. The second-order valence-corrected chi connectivity index (χ2v) is 3.33. The van der Waals surface area contributed by atoms with Gasteiger partial charge in [0.1, 0.15) is 0 Å². The lowest BCUT2D eigenvalue weighted by Gasteiger charge is -2.02. The van der Waals surface area contributed by atoms with Gasteiger partial charge in [-0.1, -0.05) is 0 Å². The zero-order valence-electron chi connectivity index (χ0n) is 8.87. The maximum absolute atomic E-state index is 10.8. The number of rotatable bonds is 3. The van der Waals surface area contributed by atoms with Crippen molar-refractivity contribution in [1.82, 2.24) is 0 Å². The number of hydrogen-bond acceptors (Lipinski definition) is 6. The molecule has 0 atom stereocenters. The first-order valence-corrected chi connectivity index (χ1v) is 4.34. The molecule has 0 aliphatic heterocycles. The van der Waals surface area contributed by atoms with Crippen LogP contribution in [-0.4, -0.2) is 14.8 Å². The van der Waals surface area contributed by atoms with Crippen molar-refractivity contribution in [3.8, 4) is 0 Å². The van der Waals surface area contributed by atoms with Gasteiger partial charge in [-0.2, -0.15) is 0 Å². The molecule has 0 amide bonds. The van der Waals surface area contributed by atoms with Crippen molar-refractivity contribution in [1.29, 1.82) is 0 Å². The van der Waals surface area contributed by atoms with E-state index in [0.29, 0.717) is 0 Å². The number of nitro groups is 3. The molecule has 9 nitrogen and oxygen atoms in total. The molecule has 0 unspecified atom stereocenters. The molecule has 1 aromatic rings. The normalized spacial score (nSPS) is 10.0. The Kier molecular flexibility index (Phi) is 3.03. The molecule has 0 spiro atoms. The van der Waals surface area contributed by atoms with Crippen molar-refractivity contribution in [3.05, 3.63) is 47.5 Å². The van der Waals surface area contributed by atoms with Crippen LogP contribution >= 0.6 is 0 Å². The highest BCUT2D eigenvalue weighted by Gasteiger charge is 2.39. The van der Waals surface area contributed by atoms with Gasteiger partial charge in [-0.25, -0.2) is 0 Å². The molecule has 0 aromatic heterocycles. The third-order valence-corrected chi connectivity index (χ3v) is 2.18. The fourth-order valence-electron chi connectivity index (χ4n) is 1.58. The fraction of sp³-hybridized carbons (Fsp3) is 0.250. The second-order valence-electron chi connectivity index (χ2n) is 3.33. The van der Waals surface area contributed by atoms with Gasteiger partial charge in [-0.05, 0) is 19.9 Å². The Labute approximate surface area is 94.1 Å². The molecule has 90 valence electrons. The Morgan fingerprint density at radius 3 is 1.29 bits per heavy atom. The maximum Gasteiger partial charge on any atom is 0.422 e. The predicted octanol–water partition coefficient (Wildman–Crippen LogP) is 2.03. The van der Waals surface area contributed by atoms with Crippen molar-refractivity contribution in [2.45, 2.75) is 13.8 Å². The summed E-state index contributed by atoms with van der Waals surface area (Å²) in [4.78, 5) is 29.1. The van der Waals surface area contributed by atoms with E-state index in [-0.39, 0.29) is 11.1 Å². The molecule has 9 heteroatoms. The number of aryl methyl sites for hydroxylation is 2. The van der Waals surface area contributed by atoms with Crippen LogP contribution in [0.2, 0.25) is 0 Å². The molecule has 1 rings (SSSR count). The van der Waals surface area contributed by atoms with Gasteiger partial charge >= 0.3 is 17.1 Å². The highest BCUT2D eigenvalue weighted by atomic mass is 16.6. The molecule has 0 N–H and O–H groups in total. The largest absolute Gasteiger partial charge is 0.422 e. The Bertz CT molecular complexity index is 500. The molecule has 0 aliphatic carbocycles. The molecule has 17 heavy (non-hydrogen) atoms. The van der Waals surface area contributed by atoms with Crippen LogP contribution in [-0.2, 0) is 0 Å². The Morgan fingerprint density at radius 2 is 1.06 bits per heavy atom. The summed E-state index contributed by atoms with van der Waals surface area (Å²) in [5, 5.41) is 32.2. The molecule has 0 saturated heterocycles. The minimum Gasteiger partial charge on any atom is -0.258 e. The second kappa shape index (κ2) is 4.12. The summed E-state index contributed by atoms with van der Waals surface area (Å²) < 4.78 is 0. The average Bonchev–Trinajstić information content (AvgIpc) is 2.14. The third kappa shape index (κ3) is 2.02. The first-order valence-electron chi connectivity index (χ1n) is 4.34. The van der Waals surface area contributed by atoms with Crippen molar-refractivity contribution in [2.75, 3.05) is 0 Å². The van der Waals surface area contributed by atoms with Gasteiger partial charge < -0.3 is 0 Å². The summed E-state index contributed by atoms with van der Waals surface area (Å²) >= 11 is 0. The smallest absolute Gasteiger partial charge is 0.258 e. The van der Waals surface area contributed by atoms with Crippen molar-refractivity contribution in [3.63, 3.8) is 0 Å². The first kappa shape index (κ1) is 12.5. The van der Waals surface area contributed by atoms with E-state index in [9.17, 15) is 30.3 Å². The zero-order valence-corrected chi connectivity index (χ0v) is 8.87. The summed E-state index contributed by atoms with van der Waals surface area (Å²) in [6.45, 7) is 2.59. The van der Waals surface area contributed by atoms with E-state index < -0.39 is 31.8 Å². The molecule has 0 heterocycles. The lowest BCUT2D eigenvalue weighted by atomic mass is 10.1. The number of nitro benzene ring substituents is 3.